The van der Waals surface area contributed by atoms with Crippen molar-refractivity contribution in [3.63, 3.8) is 0 Å². The van der Waals surface area contributed by atoms with Crippen molar-refractivity contribution in [2.24, 2.45) is 0 Å². The summed E-state index contributed by atoms with van der Waals surface area (Å²) in [6, 6.07) is 8.99. The number of amides is 2. The van der Waals surface area contributed by atoms with E-state index < -0.39 is 36.7 Å². The highest BCUT2D eigenvalue weighted by atomic mass is 19.3. The maximum absolute atomic E-state index is 13.6. The molecule has 1 atom stereocenters. The third-order valence-electron chi connectivity index (χ3n) is 3.68. The Morgan fingerprint density at radius 2 is 1.78 bits per heavy atom. The number of urea groups is 1. The average Bonchev–Trinajstić information content (AvgIpc) is 2.62. The first-order valence-electron chi connectivity index (χ1n) is 8.32. The quantitative estimate of drug-likeness (QED) is 0.675. The molecule has 0 aliphatic carbocycles. The van der Waals surface area contributed by atoms with Crippen LogP contribution in [0.2, 0.25) is 0 Å². The second-order valence-electron chi connectivity index (χ2n) is 5.98. The minimum atomic E-state index is -2.57. The lowest BCUT2D eigenvalue weighted by molar-refractivity contribution is 0.0818. The van der Waals surface area contributed by atoms with Crippen LogP contribution in [0.4, 0.5) is 22.4 Å². The maximum Gasteiger partial charge on any atom is 0.315 e. The second kappa shape index (κ2) is 9.80. The number of carbonyl (C=O) groups excluding carboxylic acids is 1. The Morgan fingerprint density at radius 1 is 1.11 bits per heavy atom. The molecule has 2 aromatic carbocycles. The van der Waals surface area contributed by atoms with Crippen molar-refractivity contribution >= 4 is 6.03 Å². The van der Waals surface area contributed by atoms with Crippen LogP contribution in [0, 0.1) is 11.6 Å². The van der Waals surface area contributed by atoms with Crippen molar-refractivity contribution in [1.29, 1.82) is 0 Å². The first-order valence-corrected chi connectivity index (χ1v) is 8.32. The molecule has 0 spiro atoms. The molecule has 4 nitrogen and oxygen atoms in total. The fourth-order valence-corrected chi connectivity index (χ4v) is 2.45. The number of alkyl halides is 2. The maximum atomic E-state index is 13.6. The van der Waals surface area contributed by atoms with Gasteiger partial charge < -0.3 is 15.4 Å². The molecule has 0 radical (unpaired) electrons. The highest BCUT2D eigenvalue weighted by molar-refractivity contribution is 5.74. The molecule has 2 aromatic rings. The Bertz CT molecular complexity index is 751. The molecule has 1 unspecified atom stereocenters. The van der Waals surface area contributed by atoms with Gasteiger partial charge in [0.1, 0.15) is 24.0 Å². The molecule has 0 aromatic heterocycles. The van der Waals surface area contributed by atoms with Gasteiger partial charge in [-0.15, -0.1) is 0 Å². The molecular weight excluding hydrogens is 364 g/mol. The van der Waals surface area contributed by atoms with Crippen molar-refractivity contribution < 1.29 is 27.1 Å². The van der Waals surface area contributed by atoms with E-state index in [9.17, 15) is 22.4 Å². The zero-order valence-corrected chi connectivity index (χ0v) is 14.6. The van der Waals surface area contributed by atoms with Crippen molar-refractivity contribution in [3.05, 3.63) is 65.2 Å². The third-order valence-corrected chi connectivity index (χ3v) is 3.68. The van der Waals surface area contributed by atoms with Crippen LogP contribution in [0.15, 0.2) is 42.5 Å². The molecule has 0 fully saturated rings. The first-order chi connectivity index (χ1) is 12.8. The summed E-state index contributed by atoms with van der Waals surface area (Å²) in [6.45, 7) is 1.06. The second-order valence-corrected chi connectivity index (χ2v) is 5.98. The van der Waals surface area contributed by atoms with Crippen LogP contribution < -0.4 is 15.4 Å². The minimum absolute atomic E-state index is 0.00286. The van der Waals surface area contributed by atoms with Crippen LogP contribution in [0.1, 0.15) is 18.1 Å². The van der Waals surface area contributed by atoms with E-state index in [2.05, 4.69) is 10.6 Å². The number of halogens is 4. The summed E-state index contributed by atoms with van der Waals surface area (Å²) in [5.41, 5.74) is 0.568. The molecule has 2 N–H and O–H groups in total. The zero-order valence-electron chi connectivity index (χ0n) is 14.6. The van der Waals surface area contributed by atoms with Gasteiger partial charge in [-0.2, -0.15) is 0 Å². The zero-order chi connectivity index (χ0) is 19.8. The Balaban J connectivity index is 1.83. The number of rotatable bonds is 8. The highest BCUT2D eigenvalue weighted by Gasteiger charge is 2.14. The van der Waals surface area contributed by atoms with Crippen LogP contribution in [-0.4, -0.2) is 25.1 Å². The van der Waals surface area contributed by atoms with E-state index in [0.29, 0.717) is 5.56 Å². The summed E-state index contributed by atoms with van der Waals surface area (Å²) in [4.78, 5) is 11.9. The van der Waals surface area contributed by atoms with Crippen LogP contribution in [0.25, 0.3) is 0 Å². The molecular formula is C19H20F4N2O2. The van der Waals surface area contributed by atoms with Crippen LogP contribution in [0.5, 0.6) is 5.75 Å². The molecule has 146 valence electrons. The molecule has 0 heterocycles. The van der Waals surface area contributed by atoms with Gasteiger partial charge in [0.25, 0.3) is 6.43 Å². The Labute approximate surface area is 154 Å². The summed E-state index contributed by atoms with van der Waals surface area (Å²) < 4.78 is 56.5. The van der Waals surface area contributed by atoms with Gasteiger partial charge in [-0.1, -0.05) is 18.2 Å². The predicted octanol–water partition coefficient (Wildman–Crippen LogP) is 4.04. The molecule has 0 bridgehead atoms. The lowest BCUT2D eigenvalue weighted by atomic mass is 10.1. The number of nitrogens with one attached hydrogen (secondary N) is 2. The normalized spacial score (nSPS) is 11.9. The van der Waals surface area contributed by atoms with E-state index in [4.69, 9.17) is 4.74 Å². The lowest BCUT2D eigenvalue weighted by Gasteiger charge is -2.16. The number of hydrogen-bond acceptors (Lipinski definition) is 2. The molecule has 2 amide bonds. The molecule has 8 heteroatoms. The molecule has 2 rings (SSSR count). The molecule has 0 saturated heterocycles. The van der Waals surface area contributed by atoms with E-state index in [1.807, 2.05) is 0 Å². The monoisotopic (exact) mass is 384 g/mol. The molecule has 0 aliphatic heterocycles. The van der Waals surface area contributed by atoms with E-state index >= 15 is 0 Å². The van der Waals surface area contributed by atoms with E-state index in [1.54, 1.807) is 25.1 Å². The van der Waals surface area contributed by atoms with Gasteiger partial charge in [-0.05, 0) is 43.2 Å². The van der Waals surface area contributed by atoms with Crippen molar-refractivity contribution in [2.45, 2.75) is 32.4 Å². The average molecular weight is 384 g/mol. The number of benzene rings is 2. The van der Waals surface area contributed by atoms with Crippen LogP contribution in [0.3, 0.4) is 0 Å². The Hall–Kier alpha value is -2.77. The number of ether oxygens (including phenoxy) is 1. The topological polar surface area (TPSA) is 50.4 Å². The van der Waals surface area contributed by atoms with Crippen molar-refractivity contribution in [3.8, 4) is 5.75 Å². The summed E-state index contributed by atoms with van der Waals surface area (Å²) in [5, 5.41) is 5.19. The van der Waals surface area contributed by atoms with Crippen molar-refractivity contribution in [2.75, 3.05) is 6.61 Å². The number of hydrogen-bond donors (Lipinski definition) is 2. The van der Waals surface area contributed by atoms with Gasteiger partial charge in [0.2, 0.25) is 0 Å². The summed E-state index contributed by atoms with van der Waals surface area (Å²) in [7, 11) is 0. The lowest BCUT2D eigenvalue weighted by Crippen LogP contribution is -2.41. The third kappa shape index (κ3) is 6.80. The Kier molecular flexibility index (Phi) is 7.45. The minimum Gasteiger partial charge on any atom is -0.488 e. The standard InChI is InChI=1S/C19H20F4N2O2/c1-12(8-15-16(20)6-3-7-17(15)21)25-19(26)24-10-13-4-2-5-14(9-13)27-11-18(22)23/h2-7,9,12,18H,8,10-11H2,1H3,(H2,24,25,26). The highest BCUT2D eigenvalue weighted by Crippen LogP contribution is 2.15. The SMILES string of the molecule is CC(Cc1c(F)cccc1F)NC(=O)NCc1cccc(OCC(F)F)c1. The molecule has 27 heavy (non-hydrogen) atoms. The van der Waals surface area contributed by atoms with E-state index in [0.717, 1.165) is 12.1 Å². The first kappa shape index (κ1) is 20.5. The summed E-state index contributed by atoms with van der Waals surface area (Å²) in [5.74, 6) is -1.05. The van der Waals surface area contributed by atoms with Gasteiger partial charge in [0.05, 0.1) is 0 Å². The van der Waals surface area contributed by atoms with Gasteiger partial charge in [0, 0.05) is 18.2 Å². The van der Waals surface area contributed by atoms with Gasteiger partial charge >= 0.3 is 6.03 Å². The fraction of sp³-hybridized carbons (Fsp3) is 0.316. The van der Waals surface area contributed by atoms with E-state index in [1.165, 1.54) is 12.1 Å². The molecule has 0 saturated carbocycles. The predicted molar refractivity (Wildman–Crippen MR) is 92.8 cm³/mol. The van der Waals surface area contributed by atoms with Gasteiger partial charge in [0.15, 0.2) is 0 Å². The smallest absolute Gasteiger partial charge is 0.315 e. The van der Waals surface area contributed by atoms with Gasteiger partial charge in [-0.3, -0.25) is 0 Å². The van der Waals surface area contributed by atoms with Gasteiger partial charge in [-0.25, -0.2) is 22.4 Å². The Morgan fingerprint density at radius 3 is 2.44 bits per heavy atom. The number of carbonyl (C=O) groups is 1. The summed E-state index contributed by atoms with van der Waals surface area (Å²) >= 11 is 0. The van der Waals surface area contributed by atoms with Crippen molar-refractivity contribution in [1.82, 2.24) is 10.6 Å². The van der Waals surface area contributed by atoms with Crippen LogP contribution >= 0.6 is 0 Å². The van der Waals surface area contributed by atoms with E-state index in [-0.39, 0.29) is 24.3 Å². The fourth-order valence-electron chi connectivity index (χ4n) is 2.45. The summed E-state index contributed by atoms with van der Waals surface area (Å²) in [6.07, 6.45) is -2.57. The molecule has 0 aliphatic rings. The van der Waals surface area contributed by atoms with Crippen LogP contribution in [-0.2, 0) is 13.0 Å². The largest absolute Gasteiger partial charge is 0.488 e.